The fourth-order valence-electron chi connectivity index (χ4n) is 1.54. The molecule has 2 rings (SSSR count). The van der Waals surface area contributed by atoms with Gasteiger partial charge in [0.2, 0.25) is 0 Å². The van der Waals surface area contributed by atoms with Crippen LogP contribution in [0, 0.1) is 0 Å². The van der Waals surface area contributed by atoms with Gasteiger partial charge in [-0.15, -0.1) is 0 Å². The Morgan fingerprint density at radius 1 is 1.22 bits per heavy atom. The van der Waals surface area contributed by atoms with Gasteiger partial charge in [0.1, 0.15) is 0 Å². The quantitative estimate of drug-likeness (QED) is 0.860. The SMILES string of the molecule is [2H]C([2H])([2H])C([2H])(NCc1ccccc1Cl)C([2H])([2H])c1ccccc1. The number of rotatable bonds is 5. The van der Waals surface area contributed by atoms with Crippen LogP contribution in [0.4, 0.5) is 0 Å². The second-order valence-electron chi connectivity index (χ2n) is 3.81. The zero-order chi connectivity index (χ0) is 18.0. The van der Waals surface area contributed by atoms with Crippen molar-refractivity contribution >= 4 is 11.6 Å². The summed E-state index contributed by atoms with van der Waals surface area (Å²) in [5, 5.41) is 3.01. The third-order valence-electron chi connectivity index (χ3n) is 2.46. The van der Waals surface area contributed by atoms with Gasteiger partial charge >= 0.3 is 0 Å². The average Bonchev–Trinajstić information content (AvgIpc) is 2.53. The van der Waals surface area contributed by atoms with Crippen molar-refractivity contribution in [2.75, 3.05) is 0 Å². The fraction of sp³-hybridized carbons (Fsp3) is 0.250. The van der Waals surface area contributed by atoms with Gasteiger partial charge in [0.05, 0.1) is 0 Å². The number of halogens is 1. The van der Waals surface area contributed by atoms with E-state index in [0.717, 1.165) is 0 Å². The van der Waals surface area contributed by atoms with E-state index in [1.54, 1.807) is 42.5 Å². The Balaban J connectivity index is 2.38. The maximum absolute atomic E-state index is 8.44. The molecule has 2 heteroatoms. The Kier molecular flexibility index (Phi) is 2.67. The minimum absolute atomic E-state index is 0.0338. The molecule has 1 N–H and O–H groups in total. The highest BCUT2D eigenvalue weighted by atomic mass is 35.5. The van der Waals surface area contributed by atoms with Crippen molar-refractivity contribution in [2.45, 2.75) is 25.8 Å². The van der Waals surface area contributed by atoms with Gasteiger partial charge in [-0.25, -0.2) is 0 Å². The van der Waals surface area contributed by atoms with Crippen LogP contribution in [0.1, 0.15) is 26.2 Å². The van der Waals surface area contributed by atoms with Crippen LogP contribution < -0.4 is 5.32 Å². The van der Waals surface area contributed by atoms with E-state index >= 15 is 0 Å². The summed E-state index contributed by atoms with van der Waals surface area (Å²) in [5.41, 5.74) is 0.728. The molecule has 0 amide bonds. The summed E-state index contributed by atoms with van der Waals surface area (Å²) in [5.74, 6) is 0. The Bertz CT molecular complexity index is 688. The summed E-state index contributed by atoms with van der Waals surface area (Å²) in [4.78, 5) is 0. The molecule has 0 aliphatic carbocycles. The van der Waals surface area contributed by atoms with Crippen LogP contribution in [-0.2, 0) is 12.9 Å². The van der Waals surface area contributed by atoms with Gasteiger partial charge in [-0.2, -0.15) is 0 Å². The first kappa shape index (κ1) is 7.32. The summed E-state index contributed by atoms with van der Waals surface area (Å²) in [7, 11) is 0. The maximum atomic E-state index is 8.44. The Hall–Kier alpha value is -1.31. The average molecular weight is 266 g/mol. The predicted octanol–water partition coefficient (Wildman–Crippen LogP) is 4.06. The zero-order valence-corrected chi connectivity index (χ0v) is 10.5. The van der Waals surface area contributed by atoms with Crippen LogP contribution in [0.5, 0.6) is 0 Å². The van der Waals surface area contributed by atoms with Gasteiger partial charge < -0.3 is 5.32 Å². The fourth-order valence-corrected chi connectivity index (χ4v) is 1.74. The van der Waals surface area contributed by atoms with E-state index in [2.05, 4.69) is 5.32 Å². The smallest absolute Gasteiger partial charge is 0.0465 e. The second kappa shape index (κ2) is 6.58. The largest absolute Gasteiger partial charge is 0.310 e. The van der Waals surface area contributed by atoms with E-state index in [-0.39, 0.29) is 12.1 Å². The molecule has 0 bridgehead atoms. The molecule has 18 heavy (non-hydrogen) atoms. The molecule has 1 nitrogen and oxygen atoms in total. The van der Waals surface area contributed by atoms with E-state index in [4.69, 9.17) is 19.8 Å². The third-order valence-corrected chi connectivity index (χ3v) is 2.83. The first-order valence-corrected chi connectivity index (χ1v) is 6.01. The monoisotopic (exact) mass is 265 g/mol. The summed E-state index contributed by atoms with van der Waals surface area (Å²) < 4.78 is 48.2. The van der Waals surface area contributed by atoms with Crippen LogP contribution in [0.25, 0.3) is 0 Å². The molecule has 0 spiro atoms. The molecule has 0 fully saturated rings. The molecule has 0 radical (unpaired) electrons. The molecular formula is C16H18ClN. The molecule has 94 valence electrons. The molecule has 2 aromatic rings. The lowest BCUT2D eigenvalue weighted by Gasteiger charge is -2.14. The molecule has 0 saturated carbocycles. The third kappa shape index (κ3) is 3.86. The van der Waals surface area contributed by atoms with E-state index in [9.17, 15) is 0 Å². The van der Waals surface area contributed by atoms with E-state index in [1.165, 1.54) is 12.1 Å². The van der Waals surface area contributed by atoms with Crippen molar-refractivity contribution in [3.63, 3.8) is 0 Å². The molecule has 1 unspecified atom stereocenters. The van der Waals surface area contributed by atoms with Crippen molar-refractivity contribution in [2.24, 2.45) is 0 Å². The van der Waals surface area contributed by atoms with Gasteiger partial charge in [0, 0.05) is 25.8 Å². The van der Waals surface area contributed by atoms with Crippen LogP contribution in [0.3, 0.4) is 0 Å². The minimum Gasteiger partial charge on any atom is -0.310 e. The highest BCUT2D eigenvalue weighted by molar-refractivity contribution is 6.31. The number of benzene rings is 2. The molecule has 1 atom stereocenters. The molecular weight excluding hydrogens is 242 g/mol. The van der Waals surface area contributed by atoms with Crippen molar-refractivity contribution < 1.29 is 8.22 Å². The molecule has 0 aromatic heterocycles. The van der Waals surface area contributed by atoms with Gasteiger partial charge in [0.25, 0.3) is 0 Å². The lowest BCUT2D eigenvalue weighted by atomic mass is 10.1. The number of hydrogen-bond acceptors (Lipinski definition) is 1. The lowest BCUT2D eigenvalue weighted by Crippen LogP contribution is -2.27. The Labute approximate surface area is 122 Å². The van der Waals surface area contributed by atoms with Crippen LogP contribution >= 0.6 is 11.6 Å². The predicted molar refractivity (Wildman–Crippen MR) is 77.9 cm³/mol. The van der Waals surface area contributed by atoms with Gasteiger partial charge in [0.15, 0.2) is 0 Å². The summed E-state index contributed by atoms with van der Waals surface area (Å²) in [6, 6.07) is 12.2. The first-order valence-electron chi connectivity index (χ1n) is 8.63. The normalized spacial score (nSPS) is 20.5. The minimum atomic E-state index is -2.90. The van der Waals surface area contributed by atoms with Crippen LogP contribution in [-0.4, -0.2) is 6.02 Å². The first-order chi connectivity index (χ1) is 11.1. The Morgan fingerprint density at radius 2 is 1.94 bits per heavy atom. The van der Waals surface area contributed by atoms with Crippen molar-refractivity contribution in [1.82, 2.24) is 5.32 Å². The highest BCUT2D eigenvalue weighted by Crippen LogP contribution is 2.14. The van der Waals surface area contributed by atoms with Crippen LogP contribution in [0.15, 0.2) is 54.6 Å². The summed E-state index contributed by atoms with van der Waals surface area (Å²) >= 11 is 6.06. The standard InChI is InChI=1S/C16H18ClN/c1-13(11-14-7-3-2-4-8-14)18-12-15-9-5-6-10-16(15)17/h2-10,13,18H,11-12H2,1H3/i1D3,11D2,13D. The molecule has 0 aliphatic heterocycles. The molecule has 0 saturated heterocycles. The van der Waals surface area contributed by atoms with Gasteiger partial charge in [-0.05, 0) is 30.4 Å². The van der Waals surface area contributed by atoms with E-state index < -0.39 is 19.2 Å². The molecule has 0 heterocycles. The second-order valence-corrected chi connectivity index (χ2v) is 4.22. The molecule has 2 aromatic carbocycles. The number of hydrogen-bond donors (Lipinski definition) is 1. The van der Waals surface area contributed by atoms with E-state index in [1.807, 2.05) is 0 Å². The summed E-state index contributed by atoms with van der Waals surface area (Å²) in [6.45, 7) is -2.93. The van der Waals surface area contributed by atoms with Crippen molar-refractivity contribution in [3.05, 3.63) is 70.7 Å². The maximum Gasteiger partial charge on any atom is 0.0465 e. The van der Waals surface area contributed by atoms with Crippen molar-refractivity contribution in [1.29, 1.82) is 0 Å². The topological polar surface area (TPSA) is 12.0 Å². The summed E-state index contributed by atoms with van der Waals surface area (Å²) in [6.07, 6.45) is -2.44. The van der Waals surface area contributed by atoms with Crippen LogP contribution in [0.2, 0.25) is 5.02 Å². The Morgan fingerprint density at radius 3 is 2.67 bits per heavy atom. The van der Waals surface area contributed by atoms with Crippen molar-refractivity contribution in [3.8, 4) is 0 Å². The highest BCUT2D eigenvalue weighted by Gasteiger charge is 2.04. The number of nitrogens with one attached hydrogen (secondary N) is 1. The van der Waals surface area contributed by atoms with E-state index in [0.29, 0.717) is 10.6 Å². The lowest BCUT2D eigenvalue weighted by molar-refractivity contribution is 0.545. The molecule has 0 aliphatic rings. The zero-order valence-electron chi connectivity index (χ0n) is 15.8. The van der Waals surface area contributed by atoms with Gasteiger partial charge in [-0.3, -0.25) is 0 Å². The van der Waals surface area contributed by atoms with Gasteiger partial charge in [-0.1, -0.05) is 60.1 Å².